The Morgan fingerprint density at radius 2 is 1.73 bits per heavy atom. The zero-order valence-corrected chi connectivity index (χ0v) is 32.3. The number of anilines is 3. The van der Waals surface area contributed by atoms with Gasteiger partial charge in [-0.1, -0.05) is 26.8 Å². The molecule has 0 saturated carbocycles. The molecule has 2 aliphatic heterocycles. The van der Waals surface area contributed by atoms with E-state index in [0.717, 1.165) is 30.5 Å². The Balaban J connectivity index is 1.20. The Morgan fingerprint density at radius 3 is 2.37 bits per heavy atom. The van der Waals surface area contributed by atoms with Crippen molar-refractivity contribution in [2.45, 2.75) is 95.8 Å². The number of likely N-dealkylation sites (tertiary alicyclic amines) is 1. The average molecular weight is 726 g/mol. The van der Waals surface area contributed by atoms with Gasteiger partial charge in [0.25, 0.3) is 0 Å². The van der Waals surface area contributed by atoms with Gasteiger partial charge in [-0.2, -0.15) is 0 Å². The summed E-state index contributed by atoms with van der Waals surface area (Å²) in [5.41, 5.74) is 7.41. The highest BCUT2D eigenvalue weighted by molar-refractivity contribution is 8.29. The molecule has 2 aliphatic rings. The third kappa shape index (κ3) is 10.3. The highest BCUT2D eigenvalue weighted by Crippen LogP contribution is 2.55. The van der Waals surface area contributed by atoms with Crippen LogP contribution in [-0.2, 0) is 13.7 Å². The summed E-state index contributed by atoms with van der Waals surface area (Å²) < 4.78 is 34.0. The Kier molecular flexibility index (Phi) is 12.2. The molecule has 0 radical (unpaired) electrons. The molecule has 0 spiro atoms. The van der Waals surface area contributed by atoms with Gasteiger partial charge in [0.1, 0.15) is 17.5 Å². The minimum Gasteiger partial charge on any atom is -0.487 e. The second kappa shape index (κ2) is 16.0. The van der Waals surface area contributed by atoms with E-state index in [1.54, 1.807) is 24.4 Å². The maximum absolute atomic E-state index is 15.7. The predicted molar refractivity (Wildman–Crippen MR) is 204 cm³/mol. The monoisotopic (exact) mass is 725 g/mol. The van der Waals surface area contributed by atoms with E-state index in [2.05, 4.69) is 48.5 Å². The van der Waals surface area contributed by atoms with E-state index in [0.29, 0.717) is 44.2 Å². The number of hydrogen-bond donors (Lipinski definition) is 2. The molecule has 280 valence electrons. The van der Waals surface area contributed by atoms with Crippen molar-refractivity contribution >= 4 is 33.7 Å². The fraction of sp³-hybridized carbons (Fsp3) is 0.579. The maximum Gasteiger partial charge on any atom is 0.320 e. The van der Waals surface area contributed by atoms with E-state index in [4.69, 9.17) is 29.4 Å². The number of rotatable bonds is 12. The molecular weight excluding hydrogens is 670 g/mol. The number of esters is 1. The zero-order valence-electron chi connectivity index (χ0n) is 31.4. The molecule has 0 bridgehead atoms. The third-order valence-corrected chi connectivity index (χ3v) is 13.2. The van der Waals surface area contributed by atoms with E-state index in [-0.39, 0.29) is 46.9 Å². The van der Waals surface area contributed by atoms with Crippen molar-refractivity contribution in [2.24, 2.45) is 5.73 Å². The highest BCUT2D eigenvalue weighted by atomic mass is 32.3. The number of nitrogens with zero attached hydrogens (tertiary/aromatic N) is 5. The van der Waals surface area contributed by atoms with Crippen LogP contribution in [-0.4, -0.2) is 99.7 Å². The number of piperidine rings is 1. The Bertz CT molecular complexity index is 1620. The Hall–Kier alpha value is -3.52. The molecule has 0 aliphatic carbocycles. The Labute approximate surface area is 304 Å². The van der Waals surface area contributed by atoms with Crippen LogP contribution in [0.1, 0.15) is 67.2 Å². The summed E-state index contributed by atoms with van der Waals surface area (Å²) >= 11 is 0. The van der Waals surface area contributed by atoms with Crippen LogP contribution in [0.2, 0.25) is 0 Å². The molecule has 1 aromatic carbocycles. The number of benzene rings is 1. The molecule has 11 nitrogen and oxygen atoms in total. The lowest BCUT2D eigenvalue weighted by atomic mass is 10.1. The van der Waals surface area contributed by atoms with Crippen LogP contribution < -0.4 is 20.7 Å². The van der Waals surface area contributed by atoms with Crippen LogP contribution in [0, 0.1) is 5.82 Å². The van der Waals surface area contributed by atoms with Crippen LogP contribution in [0.3, 0.4) is 0 Å². The number of carbonyl (C=O) groups is 1. The van der Waals surface area contributed by atoms with Crippen LogP contribution in [0.5, 0.6) is 5.75 Å². The molecule has 2 atom stereocenters. The molecule has 51 heavy (non-hydrogen) atoms. The van der Waals surface area contributed by atoms with E-state index in [9.17, 15) is 4.79 Å². The quantitative estimate of drug-likeness (QED) is 0.194. The van der Waals surface area contributed by atoms with Gasteiger partial charge in [-0.25, -0.2) is 19.3 Å². The molecule has 0 amide bonds. The Morgan fingerprint density at radius 1 is 1.02 bits per heavy atom. The molecule has 2 unspecified atom stereocenters. The first-order chi connectivity index (χ1) is 24.0. The summed E-state index contributed by atoms with van der Waals surface area (Å²) in [7, 11) is -1.27. The van der Waals surface area contributed by atoms with E-state index in [1.165, 1.54) is 0 Å². The number of hydrogen-bond acceptors (Lipinski definition) is 11. The first-order valence-corrected chi connectivity index (χ1v) is 20.2. The summed E-state index contributed by atoms with van der Waals surface area (Å²) in [5, 5.41) is 3.12. The normalized spacial score (nSPS) is 19.6. The van der Waals surface area contributed by atoms with Crippen molar-refractivity contribution in [1.29, 1.82) is 0 Å². The molecule has 13 heteroatoms. The second-order valence-electron chi connectivity index (χ2n) is 15.8. The molecule has 2 aromatic heterocycles. The summed E-state index contributed by atoms with van der Waals surface area (Å²) in [6.45, 7) is 15.2. The van der Waals surface area contributed by atoms with Crippen LogP contribution >= 0.6 is 10.3 Å². The van der Waals surface area contributed by atoms with E-state index in [1.807, 2.05) is 50.2 Å². The number of nitrogens with two attached hydrogens (primary N) is 1. The minimum atomic E-state index is -1.27. The van der Waals surface area contributed by atoms with Gasteiger partial charge in [0.15, 0.2) is 11.6 Å². The first-order valence-electron chi connectivity index (χ1n) is 17.8. The highest BCUT2D eigenvalue weighted by Gasteiger charge is 2.39. The standard InChI is InChI=1S/C38H56FN7O4S/c1-37(2,3)49-34(47)25-45-18-14-29(15-19-45)48-32-11-9-10-31(35(32)39)44-33-20-26(13-17-41-33)27-22-42-36(43-23-27)46-24-30(21-28(46)12-16-40)50-51(7,8)38(4,5)6/h9-11,13,17,20,22-23,28-30H,12,14-16,18-19,21,24-25,40H2,1-8H3,(H,41,44). The lowest BCUT2D eigenvalue weighted by Gasteiger charge is -2.45. The zero-order chi connectivity index (χ0) is 37.0. The summed E-state index contributed by atoms with van der Waals surface area (Å²) in [6.07, 6.45) is 12.8. The largest absolute Gasteiger partial charge is 0.487 e. The van der Waals surface area contributed by atoms with Crippen molar-refractivity contribution in [3.63, 3.8) is 0 Å². The second-order valence-corrected chi connectivity index (χ2v) is 19.7. The topological polar surface area (TPSA) is 128 Å². The molecule has 3 aromatic rings. The van der Waals surface area contributed by atoms with Crippen molar-refractivity contribution in [3.05, 3.63) is 54.7 Å². The fourth-order valence-corrected chi connectivity index (χ4v) is 7.30. The van der Waals surface area contributed by atoms with Gasteiger partial charge in [-0.15, -0.1) is 10.3 Å². The molecular formula is C38H56FN7O4S. The van der Waals surface area contributed by atoms with Crippen molar-refractivity contribution in [3.8, 4) is 16.9 Å². The number of carbonyl (C=O) groups excluding carboxylic acids is 1. The van der Waals surface area contributed by atoms with E-state index >= 15 is 4.39 Å². The maximum atomic E-state index is 15.7. The number of aromatic nitrogens is 3. The van der Waals surface area contributed by atoms with Gasteiger partial charge < -0.3 is 29.6 Å². The van der Waals surface area contributed by atoms with Crippen molar-refractivity contribution < 1.29 is 22.8 Å². The van der Waals surface area contributed by atoms with Crippen LogP contribution in [0.4, 0.5) is 21.8 Å². The molecule has 2 saturated heterocycles. The van der Waals surface area contributed by atoms with Gasteiger partial charge >= 0.3 is 5.97 Å². The van der Waals surface area contributed by atoms with Gasteiger partial charge in [0.2, 0.25) is 5.95 Å². The SMILES string of the molecule is CC(C)(C)OC(=O)CN1CCC(Oc2cccc(Nc3cc(-c4cnc(N5CC(OS(C)(C)C(C)(C)C)CC5CCN)nc4)ccn3)c2F)CC1. The van der Waals surface area contributed by atoms with Gasteiger partial charge in [-0.05, 0) is 95.3 Å². The number of nitrogens with one attached hydrogen (secondary N) is 1. The number of pyridine rings is 1. The summed E-state index contributed by atoms with van der Waals surface area (Å²) in [6, 6.07) is 8.99. The van der Waals surface area contributed by atoms with Crippen molar-refractivity contribution in [1.82, 2.24) is 19.9 Å². The van der Waals surface area contributed by atoms with Gasteiger partial charge in [0, 0.05) is 54.6 Å². The van der Waals surface area contributed by atoms with Gasteiger partial charge in [-0.3, -0.25) is 9.69 Å². The lowest BCUT2D eigenvalue weighted by molar-refractivity contribution is -0.156. The first kappa shape index (κ1) is 38.7. The third-order valence-electron chi connectivity index (χ3n) is 9.54. The predicted octanol–water partition coefficient (Wildman–Crippen LogP) is 6.70. The van der Waals surface area contributed by atoms with E-state index < -0.39 is 21.7 Å². The molecule has 2 fully saturated rings. The van der Waals surface area contributed by atoms with Gasteiger partial charge in [0.05, 0.1) is 18.3 Å². The minimum absolute atomic E-state index is 0.0766. The summed E-state index contributed by atoms with van der Waals surface area (Å²) in [5.74, 6) is 0.590. The summed E-state index contributed by atoms with van der Waals surface area (Å²) in [4.78, 5) is 30.4. The van der Waals surface area contributed by atoms with Crippen molar-refractivity contribution in [2.75, 3.05) is 55.5 Å². The smallest absolute Gasteiger partial charge is 0.320 e. The van der Waals surface area contributed by atoms with Crippen LogP contribution in [0.25, 0.3) is 11.1 Å². The molecule has 5 rings (SSSR count). The number of halogens is 1. The number of ether oxygens (including phenoxy) is 2. The molecule has 4 heterocycles. The van der Waals surface area contributed by atoms with Crippen LogP contribution in [0.15, 0.2) is 48.9 Å². The molecule has 3 N–H and O–H groups in total. The fourth-order valence-electron chi connectivity index (χ4n) is 6.19. The average Bonchev–Trinajstić information content (AvgIpc) is 3.44. The lowest BCUT2D eigenvalue weighted by Crippen LogP contribution is -2.42.